The lowest BCUT2D eigenvalue weighted by atomic mass is 10.1. The van der Waals surface area contributed by atoms with Crippen LogP contribution in [-0.2, 0) is 0 Å². The molecule has 0 aliphatic heterocycles. The summed E-state index contributed by atoms with van der Waals surface area (Å²) in [5.74, 6) is -0.104. The molecule has 0 rings (SSSR count). The van der Waals surface area contributed by atoms with E-state index in [4.69, 9.17) is 0 Å². The molecule has 0 saturated carbocycles. The van der Waals surface area contributed by atoms with Crippen LogP contribution in [0.1, 0.15) is 27.2 Å². The van der Waals surface area contributed by atoms with E-state index in [1.54, 1.807) is 26.0 Å². The first kappa shape index (κ1) is 10.2. The molecule has 0 aromatic carbocycles. The van der Waals surface area contributed by atoms with Crippen molar-refractivity contribution >= 4 is 0 Å². The molecule has 0 spiro atoms. The van der Waals surface area contributed by atoms with Crippen molar-refractivity contribution in [2.24, 2.45) is 0 Å². The third-order valence-electron chi connectivity index (χ3n) is 1.62. The Morgan fingerprint density at radius 3 is 2.36 bits per heavy atom. The molecule has 0 N–H and O–H groups in total. The lowest BCUT2D eigenvalue weighted by molar-refractivity contribution is 0.633. The molecular weight excluding hydrogens is 139 g/mol. The zero-order chi connectivity index (χ0) is 8.85. The summed E-state index contributed by atoms with van der Waals surface area (Å²) in [4.78, 5) is 0. The quantitative estimate of drug-likeness (QED) is 0.543. The fraction of sp³-hybridized carbons (Fsp3) is 0.400. The van der Waals surface area contributed by atoms with E-state index in [2.05, 4.69) is 6.58 Å². The highest BCUT2D eigenvalue weighted by Gasteiger charge is 2.00. The van der Waals surface area contributed by atoms with Crippen LogP contribution in [0.15, 0.2) is 35.7 Å². The number of allylic oxidation sites excluding steroid dienone is 5. The standard InChI is InChI=1S/C10H15F/c1-5-7-9(4)10(11)8(3)6-2/h5,7H,1,6H2,2-4H3/b9-7-,10-8-. The van der Waals surface area contributed by atoms with E-state index in [1.807, 2.05) is 6.92 Å². The third kappa shape index (κ3) is 3.17. The molecule has 0 aromatic heterocycles. The van der Waals surface area contributed by atoms with Gasteiger partial charge >= 0.3 is 0 Å². The number of rotatable bonds is 3. The fourth-order valence-electron chi connectivity index (χ4n) is 0.742. The van der Waals surface area contributed by atoms with Crippen LogP contribution in [0.25, 0.3) is 0 Å². The van der Waals surface area contributed by atoms with Crippen molar-refractivity contribution in [3.05, 3.63) is 35.7 Å². The monoisotopic (exact) mass is 154 g/mol. The molecule has 0 bridgehead atoms. The molecule has 0 aromatic rings. The maximum atomic E-state index is 13.1. The average Bonchev–Trinajstić information content (AvgIpc) is 2.02. The first-order valence-corrected chi connectivity index (χ1v) is 3.78. The van der Waals surface area contributed by atoms with Gasteiger partial charge < -0.3 is 0 Å². The molecule has 0 heterocycles. The highest BCUT2D eigenvalue weighted by atomic mass is 19.1. The van der Waals surface area contributed by atoms with Gasteiger partial charge in [-0.05, 0) is 31.4 Å². The summed E-state index contributed by atoms with van der Waals surface area (Å²) in [6.07, 6.45) is 4.03. The van der Waals surface area contributed by atoms with Crippen molar-refractivity contribution in [3.63, 3.8) is 0 Å². The molecule has 1 heteroatoms. The Hall–Kier alpha value is -0.850. The van der Waals surface area contributed by atoms with Gasteiger partial charge in [-0.15, -0.1) is 0 Å². The summed E-state index contributed by atoms with van der Waals surface area (Å²) in [5.41, 5.74) is 1.44. The maximum absolute atomic E-state index is 13.1. The predicted molar refractivity (Wildman–Crippen MR) is 48.1 cm³/mol. The topological polar surface area (TPSA) is 0 Å². The van der Waals surface area contributed by atoms with Gasteiger partial charge in [0.2, 0.25) is 0 Å². The van der Waals surface area contributed by atoms with Gasteiger partial charge in [0, 0.05) is 0 Å². The van der Waals surface area contributed by atoms with Gasteiger partial charge in [-0.1, -0.05) is 25.7 Å². The van der Waals surface area contributed by atoms with Gasteiger partial charge in [0.05, 0.1) is 0 Å². The second kappa shape index (κ2) is 4.89. The Balaban J connectivity index is 4.58. The molecule has 0 unspecified atom stereocenters. The van der Waals surface area contributed by atoms with E-state index in [9.17, 15) is 4.39 Å². The van der Waals surface area contributed by atoms with Crippen LogP contribution in [-0.4, -0.2) is 0 Å². The summed E-state index contributed by atoms with van der Waals surface area (Å²) >= 11 is 0. The second-order valence-electron chi connectivity index (χ2n) is 2.53. The molecule has 0 nitrogen and oxygen atoms in total. The first-order valence-electron chi connectivity index (χ1n) is 3.78. The Kier molecular flexibility index (Phi) is 4.51. The summed E-state index contributed by atoms with van der Waals surface area (Å²) in [6, 6.07) is 0. The summed E-state index contributed by atoms with van der Waals surface area (Å²) in [5, 5.41) is 0. The summed E-state index contributed by atoms with van der Waals surface area (Å²) in [6.45, 7) is 8.99. The van der Waals surface area contributed by atoms with Crippen molar-refractivity contribution in [2.75, 3.05) is 0 Å². The van der Waals surface area contributed by atoms with Gasteiger partial charge in [0.15, 0.2) is 0 Å². The van der Waals surface area contributed by atoms with Crippen LogP contribution >= 0.6 is 0 Å². The van der Waals surface area contributed by atoms with E-state index in [0.717, 1.165) is 12.0 Å². The smallest absolute Gasteiger partial charge is 0.125 e. The van der Waals surface area contributed by atoms with Crippen molar-refractivity contribution in [1.82, 2.24) is 0 Å². The lowest BCUT2D eigenvalue weighted by Gasteiger charge is -2.00. The number of halogens is 1. The van der Waals surface area contributed by atoms with Gasteiger partial charge in [-0.2, -0.15) is 0 Å². The van der Waals surface area contributed by atoms with E-state index < -0.39 is 0 Å². The van der Waals surface area contributed by atoms with Crippen molar-refractivity contribution in [2.45, 2.75) is 27.2 Å². The lowest BCUT2D eigenvalue weighted by Crippen LogP contribution is -1.82. The predicted octanol–water partition coefficient (Wildman–Crippen LogP) is 3.77. The molecule has 0 fully saturated rings. The van der Waals surface area contributed by atoms with Crippen LogP contribution in [0, 0.1) is 0 Å². The molecule has 0 amide bonds. The van der Waals surface area contributed by atoms with Crippen LogP contribution in [0.2, 0.25) is 0 Å². The van der Waals surface area contributed by atoms with Crippen LogP contribution in [0.3, 0.4) is 0 Å². The van der Waals surface area contributed by atoms with Gasteiger partial charge in [0.1, 0.15) is 5.83 Å². The van der Waals surface area contributed by atoms with Gasteiger partial charge in [0.25, 0.3) is 0 Å². The third-order valence-corrected chi connectivity index (χ3v) is 1.62. The second-order valence-corrected chi connectivity index (χ2v) is 2.53. The van der Waals surface area contributed by atoms with E-state index in [0.29, 0.717) is 5.57 Å². The van der Waals surface area contributed by atoms with Gasteiger partial charge in [-0.3, -0.25) is 0 Å². The molecule has 0 saturated heterocycles. The first-order chi connectivity index (χ1) is 5.13. The molecule has 11 heavy (non-hydrogen) atoms. The molecule has 62 valence electrons. The minimum atomic E-state index is -0.104. The summed E-state index contributed by atoms with van der Waals surface area (Å²) in [7, 11) is 0. The fourth-order valence-corrected chi connectivity index (χ4v) is 0.742. The Morgan fingerprint density at radius 2 is 2.00 bits per heavy atom. The number of hydrogen-bond acceptors (Lipinski definition) is 0. The highest BCUT2D eigenvalue weighted by molar-refractivity contribution is 5.29. The zero-order valence-electron chi connectivity index (χ0n) is 7.45. The maximum Gasteiger partial charge on any atom is 0.125 e. The van der Waals surface area contributed by atoms with Crippen molar-refractivity contribution < 1.29 is 4.39 Å². The van der Waals surface area contributed by atoms with Crippen molar-refractivity contribution in [1.29, 1.82) is 0 Å². The van der Waals surface area contributed by atoms with Gasteiger partial charge in [-0.25, -0.2) is 4.39 Å². The van der Waals surface area contributed by atoms with Crippen LogP contribution in [0.5, 0.6) is 0 Å². The molecular formula is C10H15F. The Morgan fingerprint density at radius 1 is 1.45 bits per heavy atom. The Bertz CT molecular complexity index is 197. The average molecular weight is 154 g/mol. The highest BCUT2D eigenvalue weighted by Crippen LogP contribution is 2.17. The zero-order valence-corrected chi connectivity index (χ0v) is 7.45. The largest absolute Gasteiger partial charge is 0.207 e. The normalized spacial score (nSPS) is 14.4. The van der Waals surface area contributed by atoms with E-state index in [1.165, 1.54) is 0 Å². The van der Waals surface area contributed by atoms with Crippen LogP contribution in [0.4, 0.5) is 4.39 Å². The number of hydrogen-bond donors (Lipinski definition) is 0. The molecule has 0 atom stereocenters. The minimum absolute atomic E-state index is 0.104. The Labute approximate surface area is 68.1 Å². The summed E-state index contributed by atoms with van der Waals surface area (Å²) < 4.78 is 13.1. The molecule has 0 aliphatic rings. The van der Waals surface area contributed by atoms with Crippen molar-refractivity contribution in [3.8, 4) is 0 Å². The molecule has 0 radical (unpaired) electrons. The SMILES string of the molecule is C=C/C=C(C)\C(F)=C(/C)CC. The van der Waals surface area contributed by atoms with Crippen LogP contribution < -0.4 is 0 Å². The minimum Gasteiger partial charge on any atom is -0.207 e. The van der Waals surface area contributed by atoms with E-state index >= 15 is 0 Å². The molecule has 0 aliphatic carbocycles. The van der Waals surface area contributed by atoms with E-state index in [-0.39, 0.29) is 5.83 Å².